The van der Waals surface area contributed by atoms with Crippen molar-refractivity contribution in [1.29, 1.82) is 0 Å². The van der Waals surface area contributed by atoms with Crippen LogP contribution in [0.1, 0.15) is 13.3 Å². The fraction of sp³-hybridized carbons (Fsp3) is 0.200. The number of carbonyl (C=O) groups excluding carboxylic acids is 1. The van der Waals surface area contributed by atoms with Crippen LogP contribution in [-0.4, -0.2) is 11.0 Å². The van der Waals surface area contributed by atoms with Crippen LogP contribution in [0.25, 0.3) is 0 Å². The van der Waals surface area contributed by atoms with Crippen molar-refractivity contribution >= 4 is 40.5 Å². The minimum absolute atomic E-state index is 0.00427. The van der Waals surface area contributed by atoms with E-state index in [9.17, 15) is 9.18 Å². The predicted octanol–water partition coefficient (Wildman–Crippen LogP) is 2.21. The largest absolute Gasteiger partial charge is 0.331 e. The summed E-state index contributed by atoms with van der Waals surface area (Å²) in [5.74, 6) is -0.693. The third-order valence-electron chi connectivity index (χ3n) is 1.81. The average Bonchev–Trinajstić information content (AvgIpc) is 2.31. The lowest BCUT2D eigenvalue weighted by molar-refractivity contribution is -0.121. The molecule has 0 unspecified atom stereocenters. The topological polar surface area (TPSA) is 53.2 Å². The van der Waals surface area contributed by atoms with Crippen LogP contribution >= 0.6 is 23.8 Å². The molecule has 1 aromatic rings. The predicted molar refractivity (Wildman–Crippen MR) is 69.2 cm³/mol. The van der Waals surface area contributed by atoms with Crippen LogP contribution in [0, 0.1) is 5.82 Å². The summed E-state index contributed by atoms with van der Waals surface area (Å²) in [6, 6.07) is 4.10. The lowest BCUT2D eigenvalue weighted by Gasteiger charge is -2.11. The highest BCUT2D eigenvalue weighted by Gasteiger charge is 2.03. The molecular formula is C10H11ClFN3OS. The Hall–Kier alpha value is -1.40. The molecule has 0 saturated heterocycles. The van der Waals surface area contributed by atoms with Crippen LogP contribution in [0.5, 0.6) is 0 Å². The van der Waals surface area contributed by atoms with Crippen molar-refractivity contribution in [2.75, 3.05) is 5.32 Å². The molecule has 0 saturated carbocycles. The highest BCUT2D eigenvalue weighted by atomic mass is 35.5. The molecule has 0 heterocycles. The third kappa shape index (κ3) is 4.54. The summed E-state index contributed by atoms with van der Waals surface area (Å²) in [6.07, 6.45) is 0.345. The van der Waals surface area contributed by atoms with E-state index in [1.165, 1.54) is 18.2 Å². The van der Waals surface area contributed by atoms with Gasteiger partial charge in [0, 0.05) is 12.1 Å². The highest BCUT2D eigenvalue weighted by molar-refractivity contribution is 7.80. The van der Waals surface area contributed by atoms with Gasteiger partial charge in [-0.3, -0.25) is 15.6 Å². The molecule has 1 amide bonds. The minimum Gasteiger partial charge on any atom is -0.331 e. The Balaban J connectivity index is 2.50. The van der Waals surface area contributed by atoms with Crippen LogP contribution in [0.15, 0.2) is 18.2 Å². The molecule has 1 rings (SSSR count). The van der Waals surface area contributed by atoms with E-state index in [4.69, 9.17) is 23.8 Å². The van der Waals surface area contributed by atoms with Gasteiger partial charge in [0.2, 0.25) is 5.91 Å². The fourth-order valence-electron chi connectivity index (χ4n) is 0.951. The number of rotatable bonds is 2. The molecule has 7 heteroatoms. The number of thiocarbonyl (C=S) groups is 1. The Bertz CT molecular complexity index is 442. The second-order valence-electron chi connectivity index (χ2n) is 3.11. The molecule has 0 fully saturated rings. The number of hydrogen-bond acceptors (Lipinski definition) is 2. The summed E-state index contributed by atoms with van der Waals surface area (Å²) < 4.78 is 12.9. The van der Waals surface area contributed by atoms with E-state index < -0.39 is 5.82 Å². The Kier molecular flexibility index (Phi) is 5.11. The summed E-state index contributed by atoms with van der Waals surface area (Å²) in [5, 5.41) is 2.93. The number of nitrogens with one attached hydrogen (secondary N) is 3. The van der Waals surface area contributed by atoms with Gasteiger partial charge in [-0.15, -0.1) is 0 Å². The maximum absolute atomic E-state index is 12.9. The Morgan fingerprint density at radius 2 is 2.18 bits per heavy atom. The molecule has 4 nitrogen and oxygen atoms in total. The number of hydrazine groups is 1. The second-order valence-corrected chi connectivity index (χ2v) is 3.93. The van der Waals surface area contributed by atoms with Gasteiger partial charge < -0.3 is 5.32 Å². The number of halogens is 2. The normalized spacial score (nSPS) is 9.59. The lowest BCUT2D eigenvalue weighted by Crippen LogP contribution is -2.43. The monoisotopic (exact) mass is 275 g/mol. The van der Waals surface area contributed by atoms with Crippen LogP contribution in [0.4, 0.5) is 10.1 Å². The molecule has 0 atom stereocenters. The van der Waals surface area contributed by atoms with Crippen LogP contribution in [0.3, 0.4) is 0 Å². The molecule has 0 radical (unpaired) electrons. The standard InChI is InChI=1S/C10H11ClFN3OS/c1-2-9(16)14-15-10(17)13-6-3-4-8(12)7(11)5-6/h3-5H,2H2,1H3,(H,14,16)(H2,13,15,17). The average molecular weight is 276 g/mol. The van der Waals surface area contributed by atoms with E-state index in [0.29, 0.717) is 12.1 Å². The van der Waals surface area contributed by atoms with Crippen molar-refractivity contribution in [3.8, 4) is 0 Å². The van der Waals surface area contributed by atoms with Gasteiger partial charge in [0.25, 0.3) is 0 Å². The summed E-state index contributed by atoms with van der Waals surface area (Å²) in [7, 11) is 0. The van der Waals surface area contributed by atoms with Crippen molar-refractivity contribution < 1.29 is 9.18 Å². The highest BCUT2D eigenvalue weighted by Crippen LogP contribution is 2.19. The van der Waals surface area contributed by atoms with Gasteiger partial charge in [0.05, 0.1) is 5.02 Å². The number of benzene rings is 1. The van der Waals surface area contributed by atoms with E-state index >= 15 is 0 Å². The quantitative estimate of drug-likeness (QED) is 0.572. The molecule has 0 aliphatic carbocycles. The van der Waals surface area contributed by atoms with Crippen molar-refractivity contribution in [3.05, 3.63) is 29.0 Å². The van der Waals surface area contributed by atoms with Gasteiger partial charge in [-0.05, 0) is 30.4 Å². The maximum Gasteiger partial charge on any atom is 0.238 e. The van der Waals surface area contributed by atoms with E-state index in [0.717, 1.165) is 0 Å². The Labute approximate surface area is 108 Å². The first kappa shape index (κ1) is 13.7. The SMILES string of the molecule is CCC(=O)NNC(=S)Nc1ccc(F)c(Cl)c1. The van der Waals surface area contributed by atoms with Gasteiger partial charge in [-0.25, -0.2) is 4.39 Å². The second kappa shape index (κ2) is 6.36. The molecular weight excluding hydrogens is 265 g/mol. The smallest absolute Gasteiger partial charge is 0.238 e. The molecule has 0 aliphatic rings. The van der Waals surface area contributed by atoms with Gasteiger partial charge in [-0.2, -0.15) is 0 Å². The van der Waals surface area contributed by atoms with Crippen molar-refractivity contribution in [2.24, 2.45) is 0 Å². The van der Waals surface area contributed by atoms with Crippen molar-refractivity contribution in [1.82, 2.24) is 10.9 Å². The van der Waals surface area contributed by atoms with Gasteiger partial charge in [-0.1, -0.05) is 18.5 Å². The van der Waals surface area contributed by atoms with E-state index in [1.807, 2.05) is 0 Å². The van der Waals surface area contributed by atoms with Crippen LogP contribution < -0.4 is 16.2 Å². The maximum atomic E-state index is 12.9. The molecule has 92 valence electrons. The fourth-order valence-corrected chi connectivity index (χ4v) is 1.30. The first-order chi connectivity index (χ1) is 8.02. The first-order valence-corrected chi connectivity index (χ1v) is 5.62. The van der Waals surface area contributed by atoms with Gasteiger partial charge in [0.15, 0.2) is 5.11 Å². The molecule has 3 N–H and O–H groups in total. The Morgan fingerprint density at radius 1 is 1.47 bits per heavy atom. The number of amides is 1. The van der Waals surface area contributed by atoms with Gasteiger partial charge >= 0.3 is 0 Å². The summed E-state index contributed by atoms with van der Waals surface area (Å²) >= 11 is 10.5. The van der Waals surface area contributed by atoms with E-state index in [-0.39, 0.29) is 16.0 Å². The van der Waals surface area contributed by atoms with Gasteiger partial charge in [0.1, 0.15) is 5.82 Å². The van der Waals surface area contributed by atoms with Crippen molar-refractivity contribution in [3.63, 3.8) is 0 Å². The third-order valence-corrected chi connectivity index (χ3v) is 2.31. The Morgan fingerprint density at radius 3 is 2.76 bits per heavy atom. The lowest BCUT2D eigenvalue weighted by atomic mass is 10.3. The minimum atomic E-state index is -0.504. The zero-order valence-electron chi connectivity index (χ0n) is 9.01. The number of carbonyl (C=O) groups is 1. The van der Waals surface area contributed by atoms with Crippen LogP contribution in [0.2, 0.25) is 5.02 Å². The first-order valence-electron chi connectivity index (χ1n) is 4.83. The summed E-state index contributed by atoms with van der Waals surface area (Å²) in [6.45, 7) is 1.72. The zero-order valence-corrected chi connectivity index (χ0v) is 10.6. The molecule has 0 spiro atoms. The van der Waals surface area contributed by atoms with Crippen LogP contribution in [-0.2, 0) is 4.79 Å². The molecule has 0 bridgehead atoms. The molecule has 0 aliphatic heterocycles. The number of hydrogen-bond donors (Lipinski definition) is 3. The summed E-state index contributed by atoms with van der Waals surface area (Å²) in [4.78, 5) is 10.9. The molecule has 0 aromatic heterocycles. The molecule has 17 heavy (non-hydrogen) atoms. The summed E-state index contributed by atoms with van der Waals surface area (Å²) in [5.41, 5.74) is 5.41. The van der Waals surface area contributed by atoms with Crippen molar-refractivity contribution in [2.45, 2.75) is 13.3 Å². The van der Waals surface area contributed by atoms with E-state index in [1.54, 1.807) is 6.92 Å². The molecule has 1 aromatic carbocycles. The van der Waals surface area contributed by atoms with E-state index in [2.05, 4.69) is 16.2 Å². The number of anilines is 1. The zero-order chi connectivity index (χ0) is 12.8.